The molecule has 0 amide bonds. The first-order valence-electron chi connectivity index (χ1n) is 9.12. The smallest absolute Gasteiger partial charge is 0.179 e. The molecule has 0 unspecified atom stereocenters. The molecule has 1 aliphatic rings. The van der Waals surface area contributed by atoms with E-state index < -0.39 is 0 Å². The van der Waals surface area contributed by atoms with Crippen LogP contribution in [0.25, 0.3) is 0 Å². The Bertz CT molecular complexity index is 707. The zero-order valence-electron chi connectivity index (χ0n) is 15.5. The van der Waals surface area contributed by atoms with E-state index in [-0.39, 0.29) is 0 Å². The molecule has 1 aliphatic heterocycles. The Morgan fingerprint density at radius 2 is 1.85 bits per heavy atom. The second-order valence-electron chi connectivity index (χ2n) is 6.89. The summed E-state index contributed by atoms with van der Waals surface area (Å²) in [5.41, 5.74) is 2.46. The van der Waals surface area contributed by atoms with Crippen LogP contribution in [-0.4, -0.2) is 44.8 Å². The first-order valence-corrected chi connectivity index (χ1v) is 9.50. The van der Waals surface area contributed by atoms with Crippen LogP contribution < -0.4 is 14.8 Å². The molecule has 2 aromatic rings. The van der Waals surface area contributed by atoms with Gasteiger partial charge >= 0.3 is 0 Å². The fraction of sp³-hybridized carbons (Fsp3) is 0.429. The van der Waals surface area contributed by atoms with E-state index in [1.807, 2.05) is 12.1 Å². The van der Waals surface area contributed by atoms with Gasteiger partial charge in [0.25, 0.3) is 0 Å². The molecular weight excluding hydrogens is 348 g/mol. The molecule has 0 aliphatic carbocycles. The van der Waals surface area contributed by atoms with Gasteiger partial charge in [-0.05, 0) is 43.8 Å². The van der Waals surface area contributed by atoms with E-state index in [0.29, 0.717) is 30.0 Å². The molecule has 140 valence electrons. The van der Waals surface area contributed by atoms with Crippen LogP contribution in [0.3, 0.4) is 0 Å². The summed E-state index contributed by atoms with van der Waals surface area (Å²) in [6, 6.07) is 15.0. The van der Waals surface area contributed by atoms with Gasteiger partial charge in [-0.3, -0.25) is 0 Å². The third kappa shape index (κ3) is 5.13. The van der Waals surface area contributed by atoms with Crippen molar-refractivity contribution in [3.8, 4) is 11.5 Å². The second-order valence-corrected chi connectivity index (χ2v) is 7.30. The Morgan fingerprint density at radius 1 is 1.08 bits per heavy atom. The fourth-order valence-electron chi connectivity index (χ4n) is 3.09. The molecular formula is C21H27ClN2O2. The molecule has 0 fully saturated rings. The molecule has 0 saturated carbocycles. The lowest BCUT2D eigenvalue weighted by Gasteiger charge is -2.25. The van der Waals surface area contributed by atoms with E-state index in [1.54, 1.807) is 0 Å². The van der Waals surface area contributed by atoms with Gasteiger partial charge in [0.2, 0.25) is 0 Å². The van der Waals surface area contributed by atoms with E-state index in [4.69, 9.17) is 21.1 Å². The van der Waals surface area contributed by atoms with Crippen molar-refractivity contribution in [1.29, 1.82) is 0 Å². The third-order valence-corrected chi connectivity index (χ3v) is 4.90. The minimum Gasteiger partial charge on any atom is -0.489 e. The van der Waals surface area contributed by atoms with Crippen molar-refractivity contribution in [1.82, 2.24) is 10.2 Å². The van der Waals surface area contributed by atoms with Crippen molar-refractivity contribution in [2.24, 2.45) is 0 Å². The maximum Gasteiger partial charge on any atom is 0.179 e. The molecule has 0 spiro atoms. The number of rotatable bonds is 7. The molecule has 1 N–H and O–H groups in total. The number of hydrogen-bond donors (Lipinski definition) is 1. The lowest BCUT2D eigenvalue weighted by atomic mass is 10.1. The third-order valence-electron chi connectivity index (χ3n) is 4.62. The number of fused-ring (bicyclic) bond motifs is 1. The van der Waals surface area contributed by atoms with Crippen LogP contribution in [0.5, 0.6) is 11.5 Å². The number of halogens is 1. The van der Waals surface area contributed by atoms with E-state index >= 15 is 0 Å². The molecule has 1 heterocycles. The number of benzene rings is 2. The molecule has 26 heavy (non-hydrogen) atoms. The molecule has 0 aromatic heterocycles. The Hall–Kier alpha value is -1.75. The average Bonchev–Trinajstić information content (AvgIpc) is 2.87. The van der Waals surface area contributed by atoms with Crippen molar-refractivity contribution in [2.45, 2.75) is 25.4 Å². The van der Waals surface area contributed by atoms with Gasteiger partial charge in [-0.25, -0.2) is 0 Å². The molecule has 3 rings (SSSR count). The van der Waals surface area contributed by atoms with Gasteiger partial charge in [0.15, 0.2) is 11.5 Å². The molecule has 4 nitrogen and oxygen atoms in total. The minimum atomic E-state index is 0.424. The maximum absolute atomic E-state index is 6.38. The van der Waals surface area contributed by atoms with E-state index in [1.165, 1.54) is 5.56 Å². The van der Waals surface area contributed by atoms with Crippen molar-refractivity contribution >= 4 is 11.6 Å². The van der Waals surface area contributed by atoms with Crippen LogP contribution in [0.15, 0.2) is 42.5 Å². The van der Waals surface area contributed by atoms with Crippen LogP contribution in [0.2, 0.25) is 5.02 Å². The molecule has 0 radical (unpaired) electrons. The summed E-state index contributed by atoms with van der Waals surface area (Å²) in [7, 11) is 4.25. The predicted molar refractivity (Wildman–Crippen MR) is 106 cm³/mol. The van der Waals surface area contributed by atoms with Crippen LogP contribution in [-0.2, 0) is 13.0 Å². The highest BCUT2D eigenvalue weighted by Gasteiger charge is 2.16. The summed E-state index contributed by atoms with van der Waals surface area (Å²) in [6.07, 6.45) is 1.89. The van der Waals surface area contributed by atoms with Crippen LogP contribution in [0.4, 0.5) is 0 Å². The normalized spacial score (nSPS) is 14.9. The van der Waals surface area contributed by atoms with Gasteiger partial charge in [-0.2, -0.15) is 0 Å². The minimum absolute atomic E-state index is 0.424. The lowest BCUT2D eigenvalue weighted by Crippen LogP contribution is -2.39. The molecule has 0 bridgehead atoms. The Morgan fingerprint density at radius 3 is 2.62 bits per heavy atom. The summed E-state index contributed by atoms with van der Waals surface area (Å²) in [5.74, 6) is 1.42. The molecule has 1 atom stereocenters. The van der Waals surface area contributed by atoms with Crippen molar-refractivity contribution in [2.75, 3.05) is 33.9 Å². The first-order chi connectivity index (χ1) is 12.6. The van der Waals surface area contributed by atoms with Crippen LogP contribution in [0.1, 0.15) is 17.5 Å². The first kappa shape index (κ1) is 19.0. The number of nitrogens with one attached hydrogen (secondary N) is 1. The van der Waals surface area contributed by atoms with E-state index in [2.05, 4.69) is 54.6 Å². The van der Waals surface area contributed by atoms with Gasteiger partial charge in [-0.1, -0.05) is 41.9 Å². The summed E-state index contributed by atoms with van der Waals surface area (Å²) >= 11 is 6.38. The standard InChI is InChI=1S/C21H27ClN2O2/c1-24(2)18(11-16-7-4-3-5-8-16)15-23-14-17-12-19(22)21-20(13-17)25-9-6-10-26-21/h3-5,7-8,12-13,18,23H,6,9-11,14-15H2,1-2H3/t18-/m0/s1. The van der Waals surface area contributed by atoms with Crippen molar-refractivity contribution in [3.63, 3.8) is 0 Å². The van der Waals surface area contributed by atoms with Crippen LogP contribution >= 0.6 is 11.6 Å². The quantitative estimate of drug-likeness (QED) is 0.800. The summed E-state index contributed by atoms with van der Waals surface area (Å²) in [4.78, 5) is 2.26. The van der Waals surface area contributed by atoms with Gasteiger partial charge in [0.1, 0.15) is 0 Å². The highest BCUT2D eigenvalue weighted by atomic mass is 35.5. The van der Waals surface area contributed by atoms with Gasteiger partial charge < -0.3 is 19.7 Å². The number of likely N-dealkylation sites (N-methyl/N-ethyl adjacent to an activating group) is 1. The zero-order chi connectivity index (χ0) is 18.4. The molecule has 0 saturated heterocycles. The van der Waals surface area contributed by atoms with Gasteiger partial charge in [0.05, 0.1) is 18.2 Å². The Kier molecular flexibility index (Phi) is 6.78. The molecule has 5 heteroatoms. The molecule has 2 aromatic carbocycles. The summed E-state index contributed by atoms with van der Waals surface area (Å²) < 4.78 is 11.5. The number of nitrogens with zero attached hydrogens (tertiary/aromatic N) is 1. The highest BCUT2D eigenvalue weighted by Crippen LogP contribution is 2.37. The van der Waals surface area contributed by atoms with Gasteiger partial charge in [-0.15, -0.1) is 0 Å². The SMILES string of the molecule is CN(C)[C@H](CNCc1cc(Cl)c2c(c1)OCCCO2)Cc1ccccc1. The number of hydrogen-bond acceptors (Lipinski definition) is 4. The highest BCUT2D eigenvalue weighted by molar-refractivity contribution is 6.32. The van der Waals surface area contributed by atoms with Crippen molar-refractivity contribution < 1.29 is 9.47 Å². The average molecular weight is 375 g/mol. The number of ether oxygens (including phenoxy) is 2. The maximum atomic E-state index is 6.38. The monoisotopic (exact) mass is 374 g/mol. The summed E-state index contributed by atoms with van der Waals surface area (Å²) in [6.45, 7) is 2.96. The van der Waals surface area contributed by atoms with E-state index in [9.17, 15) is 0 Å². The lowest BCUT2D eigenvalue weighted by molar-refractivity contribution is 0.281. The Balaban J connectivity index is 1.59. The summed E-state index contributed by atoms with van der Waals surface area (Å²) in [5, 5.41) is 4.18. The van der Waals surface area contributed by atoms with Crippen molar-refractivity contribution in [3.05, 3.63) is 58.6 Å². The Labute approximate surface area is 161 Å². The topological polar surface area (TPSA) is 33.7 Å². The predicted octanol–water partition coefficient (Wildman–Crippen LogP) is 3.76. The fourth-order valence-corrected chi connectivity index (χ4v) is 3.38. The largest absolute Gasteiger partial charge is 0.489 e. The van der Waals surface area contributed by atoms with E-state index in [0.717, 1.165) is 37.2 Å². The second kappa shape index (κ2) is 9.26. The van der Waals surface area contributed by atoms with Gasteiger partial charge in [0, 0.05) is 25.6 Å². The van der Waals surface area contributed by atoms with Crippen LogP contribution in [0, 0.1) is 0 Å². The zero-order valence-corrected chi connectivity index (χ0v) is 16.3.